The number of hydrogen-bond acceptors (Lipinski definition) is 12. The van der Waals surface area contributed by atoms with Crippen LogP contribution in [0.25, 0.3) is 0 Å². The highest BCUT2D eigenvalue weighted by Gasteiger charge is 2.49. The molecule has 4 aliphatic carbocycles. The van der Waals surface area contributed by atoms with Crippen molar-refractivity contribution in [1.29, 1.82) is 0 Å². The van der Waals surface area contributed by atoms with Crippen LogP contribution in [0.3, 0.4) is 0 Å². The zero-order chi connectivity index (χ0) is 55.5. The van der Waals surface area contributed by atoms with Gasteiger partial charge in [-0.3, -0.25) is 24.2 Å². The number of amides is 6. The highest BCUT2D eigenvalue weighted by molar-refractivity contribution is 6.76. The van der Waals surface area contributed by atoms with Gasteiger partial charge in [0.1, 0.15) is 29.3 Å². The summed E-state index contributed by atoms with van der Waals surface area (Å²) in [5.74, 6) is 0.119. The maximum Gasteiger partial charge on any atom is 0.410 e. The molecule has 6 amide bonds. The Hall–Kier alpha value is -4.17. The highest BCUT2D eigenvalue weighted by atomic mass is 28.3. The molecule has 10 atom stereocenters. The number of carboxylic acid groups (broad SMARTS) is 1. The summed E-state index contributed by atoms with van der Waals surface area (Å²) in [5, 5.41) is 14.7. The Kier molecular flexibility index (Phi) is 23.0. The van der Waals surface area contributed by atoms with Crippen LogP contribution in [-0.4, -0.2) is 168 Å². The lowest BCUT2D eigenvalue weighted by Crippen LogP contribution is -2.59. The molecule has 74 heavy (non-hydrogen) atoms. The number of likely N-dealkylation sites (N-methyl/N-ethyl adjacent to an activating group) is 2. The van der Waals surface area contributed by atoms with Crippen LogP contribution in [0.5, 0.6) is 0 Å². The van der Waals surface area contributed by atoms with E-state index in [0.29, 0.717) is 30.9 Å². The molecule has 0 aromatic carbocycles. The molecule has 0 aromatic rings. The quantitative estimate of drug-likeness (QED) is 0.0897. The minimum atomic E-state index is -1.22. The summed E-state index contributed by atoms with van der Waals surface area (Å²) in [7, 11) is 1.73. The first kappa shape index (κ1) is 62.4. The van der Waals surface area contributed by atoms with Crippen LogP contribution in [-0.2, 0) is 33.4 Å². The van der Waals surface area contributed by atoms with E-state index >= 15 is 0 Å². The minimum absolute atomic E-state index is 0.00206. The standard InChI is InChI=1S/C24H42N4O4.C21H39N3O3Si.C9H17NO4/c1-15(27(5)23(31)32-24(2,3)4)21(29)26-19(16-9-7-6-8-10-16)22(30)28-14-13-17-11-12-18(25)20(17)28;1-28(2,3)14-13-27-21(26)23-17-10-9-16-11-12-24(19(16)17)20(25)18(22)15-7-5-4-6-8-15;1-6(7(11)12)10(5)8(13)14-9(2,3)4/h15-20H,6-14,25H2,1-5H3,(H,26,29);15-19H,4-14,22H2,1-3H3,(H,23,26);6H,1-5H3,(H,11,12)/t15-,17+,18-,19-,20-;16-,17+,18+,19+;6-/m010/s1. The summed E-state index contributed by atoms with van der Waals surface area (Å²) in [6.45, 7) is 22.4. The number of ether oxygens (including phenoxy) is 3. The second-order valence-electron chi connectivity index (χ2n) is 25.3. The fraction of sp³-hybridized carbons (Fsp3) is 0.870. The number of rotatable bonds is 13. The van der Waals surface area contributed by atoms with Crippen LogP contribution >= 0.6 is 0 Å². The number of aliphatic carboxylic acids is 1. The summed E-state index contributed by atoms with van der Waals surface area (Å²) < 4.78 is 15.8. The van der Waals surface area contributed by atoms with Crippen molar-refractivity contribution < 1.29 is 52.9 Å². The molecule has 7 N–H and O–H groups in total. The molecule has 2 aliphatic heterocycles. The van der Waals surface area contributed by atoms with Gasteiger partial charge in [-0.2, -0.15) is 0 Å². The van der Waals surface area contributed by atoms with Crippen LogP contribution in [0.4, 0.5) is 14.4 Å². The lowest BCUT2D eigenvalue weighted by molar-refractivity contribution is -0.142. The van der Waals surface area contributed by atoms with E-state index in [-0.39, 0.29) is 59.9 Å². The van der Waals surface area contributed by atoms with E-state index in [9.17, 15) is 33.6 Å². The molecule has 424 valence electrons. The van der Waals surface area contributed by atoms with Crippen molar-refractivity contribution in [3.63, 3.8) is 0 Å². The number of nitrogens with zero attached hydrogens (tertiary/aromatic N) is 4. The highest BCUT2D eigenvalue weighted by Crippen LogP contribution is 2.40. The van der Waals surface area contributed by atoms with E-state index in [2.05, 4.69) is 30.3 Å². The number of nitrogens with two attached hydrogens (primary N) is 2. The molecular formula is C54H98N8O11Si. The molecular weight excluding hydrogens is 965 g/mol. The fourth-order valence-corrected chi connectivity index (χ4v) is 12.2. The van der Waals surface area contributed by atoms with E-state index in [1.54, 1.807) is 55.5 Å². The van der Waals surface area contributed by atoms with Gasteiger partial charge in [0, 0.05) is 47.3 Å². The first-order valence-corrected chi connectivity index (χ1v) is 31.6. The average molecular weight is 1060 g/mol. The molecule has 4 saturated carbocycles. The predicted octanol–water partition coefficient (Wildman–Crippen LogP) is 7.31. The SMILES string of the molecule is C[C@@H](C(=O)N[C@H](C(=O)N1CC[C@H]2CC[C@H](N)[C@H]21)C1CCCCC1)N(C)C(=O)OC(C)(C)C.C[C@@H](C(=O)O)N(C)C(=O)OC(C)(C)C.C[Si](C)(C)CCOC(=O)N[C@H]1CC[C@@H]2CCN(C(=O)[C@@H](N)C3CCCCC3)[C@@H]21. The first-order chi connectivity index (χ1) is 34.4. The largest absolute Gasteiger partial charge is 0.480 e. The molecule has 6 fully saturated rings. The Balaban J connectivity index is 0.000000258. The summed E-state index contributed by atoms with van der Waals surface area (Å²) in [5.41, 5.74) is 11.5. The lowest BCUT2D eigenvalue weighted by Gasteiger charge is -2.37. The molecule has 0 bridgehead atoms. The molecule has 20 heteroatoms. The van der Waals surface area contributed by atoms with Gasteiger partial charge in [0.05, 0.1) is 24.7 Å². The number of nitrogens with one attached hydrogen (secondary N) is 2. The summed E-state index contributed by atoms with van der Waals surface area (Å²) in [4.78, 5) is 93.0. The number of carbonyl (C=O) groups is 7. The van der Waals surface area contributed by atoms with Crippen LogP contribution in [0, 0.1) is 23.7 Å². The summed E-state index contributed by atoms with van der Waals surface area (Å²) in [6.07, 6.45) is 15.5. The van der Waals surface area contributed by atoms with E-state index < -0.39 is 55.6 Å². The number of likely N-dealkylation sites (tertiary alicyclic amines) is 2. The van der Waals surface area contributed by atoms with Gasteiger partial charge in [0.15, 0.2) is 0 Å². The topological polar surface area (TPSA) is 256 Å². The van der Waals surface area contributed by atoms with E-state index in [1.165, 1.54) is 44.6 Å². The minimum Gasteiger partial charge on any atom is -0.480 e. The molecule has 19 nitrogen and oxygen atoms in total. The third-order valence-corrected chi connectivity index (χ3v) is 17.8. The molecule has 2 heterocycles. The van der Waals surface area contributed by atoms with Crippen molar-refractivity contribution in [2.75, 3.05) is 33.8 Å². The molecule has 2 saturated heterocycles. The van der Waals surface area contributed by atoms with Crippen LogP contribution in [0.15, 0.2) is 0 Å². The Morgan fingerprint density at radius 3 is 1.64 bits per heavy atom. The van der Waals surface area contributed by atoms with Crippen molar-refractivity contribution in [3.8, 4) is 0 Å². The monoisotopic (exact) mass is 1060 g/mol. The number of carboxylic acids is 1. The van der Waals surface area contributed by atoms with Gasteiger partial charge < -0.3 is 51.2 Å². The Labute approximate surface area is 444 Å². The Morgan fingerprint density at radius 2 is 1.14 bits per heavy atom. The van der Waals surface area contributed by atoms with Crippen LogP contribution in [0.2, 0.25) is 25.7 Å². The van der Waals surface area contributed by atoms with Crippen molar-refractivity contribution in [3.05, 3.63) is 0 Å². The lowest BCUT2D eigenvalue weighted by atomic mass is 9.83. The van der Waals surface area contributed by atoms with Gasteiger partial charge in [-0.25, -0.2) is 19.2 Å². The Morgan fingerprint density at radius 1 is 0.662 bits per heavy atom. The van der Waals surface area contributed by atoms with Crippen LogP contribution in [0.1, 0.15) is 158 Å². The third kappa shape index (κ3) is 18.3. The van der Waals surface area contributed by atoms with E-state index in [0.717, 1.165) is 94.5 Å². The third-order valence-electron chi connectivity index (χ3n) is 16.1. The number of alkyl carbamates (subject to hydrolysis) is 1. The zero-order valence-corrected chi connectivity index (χ0v) is 48.5. The normalized spacial score (nSPS) is 25.8. The fourth-order valence-electron chi connectivity index (χ4n) is 11.5. The molecule has 0 unspecified atom stereocenters. The second-order valence-corrected chi connectivity index (χ2v) is 31.0. The number of fused-ring (bicyclic) bond motifs is 2. The predicted molar refractivity (Wildman–Crippen MR) is 288 cm³/mol. The van der Waals surface area contributed by atoms with Gasteiger partial charge in [-0.1, -0.05) is 58.2 Å². The van der Waals surface area contributed by atoms with Gasteiger partial charge in [0.25, 0.3) is 0 Å². The number of carbonyl (C=O) groups excluding carboxylic acids is 6. The van der Waals surface area contributed by atoms with E-state index in [4.69, 9.17) is 30.8 Å². The van der Waals surface area contributed by atoms with E-state index in [1.807, 2.05) is 9.80 Å². The van der Waals surface area contributed by atoms with Crippen molar-refractivity contribution >= 4 is 50.0 Å². The maximum atomic E-state index is 13.7. The molecule has 6 aliphatic rings. The summed E-state index contributed by atoms with van der Waals surface area (Å²) in [6, 6.07) is -1.42. The maximum absolute atomic E-state index is 13.7. The second kappa shape index (κ2) is 27.2. The average Bonchev–Trinajstić information content (AvgIpc) is 4.13. The number of hydrogen-bond donors (Lipinski definition) is 5. The van der Waals surface area contributed by atoms with Gasteiger partial charge in [-0.15, -0.1) is 0 Å². The van der Waals surface area contributed by atoms with Crippen molar-refractivity contribution in [2.45, 2.75) is 243 Å². The smallest absolute Gasteiger partial charge is 0.410 e. The van der Waals surface area contributed by atoms with Crippen molar-refractivity contribution in [1.82, 2.24) is 30.2 Å². The van der Waals surface area contributed by atoms with Gasteiger partial charge in [-0.05, 0) is 149 Å². The molecule has 0 aromatic heterocycles. The summed E-state index contributed by atoms with van der Waals surface area (Å²) >= 11 is 0. The molecule has 0 spiro atoms. The first-order valence-electron chi connectivity index (χ1n) is 27.9. The van der Waals surface area contributed by atoms with Gasteiger partial charge in [0.2, 0.25) is 17.7 Å². The molecule has 6 rings (SSSR count). The van der Waals surface area contributed by atoms with Crippen molar-refractivity contribution in [2.24, 2.45) is 35.1 Å². The zero-order valence-electron chi connectivity index (χ0n) is 47.5. The Bertz CT molecular complexity index is 1890. The molecule has 0 radical (unpaired) electrons. The van der Waals surface area contributed by atoms with Crippen LogP contribution < -0.4 is 22.1 Å². The van der Waals surface area contributed by atoms with Gasteiger partial charge >= 0.3 is 24.2 Å².